The highest BCUT2D eigenvalue weighted by atomic mass is 35.5. The van der Waals surface area contributed by atoms with Crippen LogP contribution in [-0.2, 0) is 15.0 Å². The third kappa shape index (κ3) is 4.32. The number of carbonyl (C=O) groups excluding carboxylic acids is 2. The molecule has 220 valence electrons. The summed E-state index contributed by atoms with van der Waals surface area (Å²) in [4.78, 5) is 35.2. The van der Waals surface area contributed by atoms with Crippen LogP contribution in [0, 0.1) is 17.2 Å². The molecule has 6 nitrogen and oxygen atoms in total. The average Bonchev–Trinajstić information content (AvgIpc) is 3.33. The number of hydrogen-bond acceptors (Lipinski definition) is 4. The molecule has 1 saturated heterocycles. The Bertz CT molecular complexity index is 1380. The Hall–Kier alpha value is -2.22. The van der Waals surface area contributed by atoms with E-state index in [1.54, 1.807) is 18.2 Å². The van der Waals surface area contributed by atoms with Gasteiger partial charge in [-0.3, -0.25) is 14.5 Å². The predicted octanol–water partition coefficient (Wildman–Crippen LogP) is 6.85. The van der Waals surface area contributed by atoms with Crippen molar-refractivity contribution >= 4 is 40.7 Å². The molecule has 0 bridgehead atoms. The second kappa shape index (κ2) is 10.2. The Morgan fingerprint density at radius 3 is 2.46 bits per heavy atom. The zero-order valence-electron chi connectivity index (χ0n) is 24.2. The molecular weight excluding hydrogens is 562 g/mol. The number of fused-ring (bicyclic) bond motifs is 3. The lowest BCUT2D eigenvalue weighted by Gasteiger charge is -2.53. The lowest BCUT2D eigenvalue weighted by atomic mass is 9.53. The van der Waals surface area contributed by atoms with Gasteiger partial charge in [0.05, 0.1) is 6.04 Å². The summed E-state index contributed by atoms with van der Waals surface area (Å²) in [6, 6.07) is 6.29. The fourth-order valence-corrected chi connectivity index (χ4v) is 8.89. The number of benzene rings is 1. The molecule has 6 rings (SSSR count). The number of hydrogen-bond donors (Lipinski definition) is 2. The maximum atomic E-state index is 16.1. The van der Waals surface area contributed by atoms with E-state index in [1.807, 2.05) is 13.1 Å². The summed E-state index contributed by atoms with van der Waals surface area (Å²) in [6.45, 7) is 6.74. The minimum atomic E-state index is -1.24. The van der Waals surface area contributed by atoms with Crippen LogP contribution in [0.25, 0.3) is 0 Å². The van der Waals surface area contributed by atoms with Gasteiger partial charge in [0, 0.05) is 34.4 Å². The number of likely N-dealkylation sites (tertiary alicyclic amines) is 1. The molecule has 3 heterocycles. The molecule has 2 spiro atoms. The number of nitrogens with zero attached hydrogens (tertiary/aromatic N) is 2. The monoisotopic (exact) mass is 600 g/mol. The quantitative estimate of drug-likeness (QED) is 0.378. The molecule has 3 fully saturated rings. The van der Waals surface area contributed by atoms with E-state index in [4.69, 9.17) is 23.2 Å². The van der Waals surface area contributed by atoms with Crippen molar-refractivity contribution in [2.24, 2.45) is 11.3 Å². The normalized spacial score (nSPS) is 32.2. The minimum Gasteiger partial charge on any atom is -0.352 e. The Morgan fingerprint density at radius 2 is 1.78 bits per heavy atom. The summed E-state index contributed by atoms with van der Waals surface area (Å²) < 4.78 is 16.1. The number of rotatable bonds is 3. The molecule has 2 aliphatic heterocycles. The maximum absolute atomic E-state index is 16.1. The van der Waals surface area contributed by atoms with Crippen LogP contribution in [0.4, 0.5) is 10.1 Å². The molecule has 2 aromatic rings. The number of pyridine rings is 1. The van der Waals surface area contributed by atoms with Crippen LogP contribution in [0.3, 0.4) is 0 Å². The van der Waals surface area contributed by atoms with Gasteiger partial charge in [0.15, 0.2) is 11.0 Å². The fourth-order valence-electron chi connectivity index (χ4n) is 8.55. The van der Waals surface area contributed by atoms with E-state index >= 15 is 4.39 Å². The molecule has 1 aromatic carbocycles. The Morgan fingerprint density at radius 1 is 1.10 bits per heavy atom. The van der Waals surface area contributed by atoms with Crippen LogP contribution in [0.15, 0.2) is 30.5 Å². The first-order valence-electron chi connectivity index (χ1n) is 14.9. The van der Waals surface area contributed by atoms with Gasteiger partial charge >= 0.3 is 0 Å². The first-order chi connectivity index (χ1) is 19.4. The third-order valence-corrected chi connectivity index (χ3v) is 11.4. The van der Waals surface area contributed by atoms with Crippen LogP contribution in [0.2, 0.25) is 10.2 Å². The number of carbonyl (C=O) groups is 2. The van der Waals surface area contributed by atoms with Gasteiger partial charge in [-0.15, -0.1) is 0 Å². The number of nitrogens with one attached hydrogen (secondary N) is 2. The second-order valence-electron chi connectivity index (χ2n) is 13.7. The van der Waals surface area contributed by atoms with E-state index in [2.05, 4.69) is 41.3 Å². The van der Waals surface area contributed by atoms with E-state index < -0.39 is 28.7 Å². The molecule has 4 aliphatic rings. The van der Waals surface area contributed by atoms with Crippen LogP contribution >= 0.6 is 23.2 Å². The van der Waals surface area contributed by atoms with Crippen molar-refractivity contribution in [3.63, 3.8) is 0 Å². The summed E-state index contributed by atoms with van der Waals surface area (Å²) in [6.07, 6.45) is 8.53. The number of amides is 2. The molecule has 2 aliphatic carbocycles. The first-order valence-corrected chi connectivity index (χ1v) is 15.6. The van der Waals surface area contributed by atoms with Gasteiger partial charge in [-0.1, -0.05) is 50.0 Å². The zero-order chi connectivity index (χ0) is 29.3. The summed E-state index contributed by atoms with van der Waals surface area (Å²) >= 11 is 12.7. The molecule has 9 heteroatoms. The van der Waals surface area contributed by atoms with E-state index in [0.717, 1.165) is 44.1 Å². The van der Waals surface area contributed by atoms with Crippen molar-refractivity contribution in [2.45, 2.75) is 101 Å². The van der Waals surface area contributed by atoms with Gasteiger partial charge in [-0.25, -0.2) is 9.37 Å². The third-order valence-electron chi connectivity index (χ3n) is 10.9. The summed E-state index contributed by atoms with van der Waals surface area (Å²) in [5, 5.41) is 6.68. The molecule has 41 heavy (non-hydrogen) atoms. The first kappa shape index (κ1) is 28.9. The van der Waals surface area contributed by atoms with Gasteiger partial charge < -0.3 is 10.6 Å². The van der Waals surface area contributed by atoms with Crippen LogP contribution in [-0.4, -0.2) is 46.4 Å². The Kier molecular flexibility index (Phi) is 7.19. The summed E-state index contributed by atoms with van der Waals surface area (Å²) in [5.41, 5.74) is -0.265. The molecule has 1 aromatic heterocycles. The molecule has 2 saturated carbocycles. The smallest absolute Gasteiger partial charge is 0.238 e. The highest BCUT2D eigenvalue weighted by Crippen LogP contribution is 2.67. The lowest BCUT2D eigenvalue weighted by Crippen LogP contribution is -2.62. The molecule has 2 N–H and O–H groups in total. The number of anilines is 1. The van der Waals surface area contributed by atoms with Gasteiger partial charge in [0.1, 0.15) is 5.41 Å². The van der Waals surface area contributed by atoms with Crippen molar-refractivity contribution in [3.8, 4) is 0 Å². The van der Waals surface area contributed by atoms with Crippen molar-refractivity contribution in [1.82, 2.24) is 15.2 Å². The van der Waals surface area contributed by atoms with Gasteiger partial charge in [-0.05, 0) is 99.1 Å². The zero-order valence-corrected chi connectivity index (χ0v) is 25.7. The highest BCUT2D eigenvalue weighted by Gasteiger charge is 2.75. The van der Waals surface area contributed by atoms with Crippen molar-refractivity contribution in [1.29, 1.82) is 0 Å². The van der Waals surface area contributed by atoms with E-state index in [-0.39, 0.29) is 34.0 Å². The van der Waals surface area contributed by atoms with E-state index in [9.17, 15) is 9.59 Å². The van der Waals surface area contributed by atoms with Gasteiger partial charge in [0.2, 0.25) is 11.8 Å². The van der Waals surface area contributed by atoms with Crippen LogP contribution in [0.5, 0.6) is 0 Å². The standard InChI is InChI=1S/C32H39Cl2FN4O2/c1-18-5-8-20(9-6-18)37-28(40)26-24(21-11-16-36-27(34)25(21)35)32(22-10-7-19(33)17-23(22)38-29(32)41)31(39(26)4)14-12-30(2,3)13-15-31/h7,10-11,16-18,20,24,26H,5-6,8-9,12-15H2,1-4H3,(H,37,40)(H,38,41)/t18?,20?,24-,26+,32+/m0/s1. The Labute approximate surface area is 251 Å². The summed E-state index contributed by atoms with van der Waals surface area (Å²) in [5.74, 6) is -1.26. The fraction of sp³-hybridized carbons (Fsp3) is 0.594. The molecule has 0 unspecified atom stereocenters. The van der Waals surface area contributed by atoms with Crippen LogP contribution < -0.4 is 10.6 Å². The lowest BCUT2D eigenvalue weighted by molar-refractivity contribution is -0.129. The SMILES string of the molecule is CC1CCC(NC(=O)[C@H]2[C@H](c3ccnc(Cl)c3F)[C@]3(C(=O)Nc4cc(Cl)ccc43)C3(CCC(C)(C)CC3)N2C)CC1. The van der Waals surface area contributed by atoms with Crippen molar-refractivity contribution < 1.29 is 14.0 Å². The number of aromatic nitrogens is 1. The second-order valence-corrected chi connectivity index (χ2v) is 14.4. The van der Waals surface area contributed by atoms with E-state index in [0.29, 0.717) is 29.5 Å². The molecule has 0 radical (unpaired) electrons. The van der Waals surface area contributed by atoms with Crippen LogP contribution in [0.1, 0.15) is 89.2 Å². The minimum absolute atomic E-state index is 0.0555. The van der Waals surface area contributed by atoms with E-state index in [1.165, 1.54) is 6.20 Å². The number of halogens is 3. The van der Waals surface area contributed by atoms with Gasteiger partial charge in [-0.2, -0.15) is 0 Å². The Balaban J connectivity index is 1.58. The molecule has 3 atom stereocenters. The van der Waals surface area contributed by atoms with Gasteiger partial charge in [0.25, 0.3) is 0 Å². The highest BCUT2D eigenvalue weighted by molar-refractivity contribution is 6.31. The summed E-state index contributed by atoms with van der Waals surface area (Å²) in [7, 11) is 1.95. The molecular formula is C32H39Cl2FN4O2. The molecule has 2 amide bonds. The predicted molar refractivity (Wildman–Crippen MR) is 160 cm³/mol. The maximum Gasteiger partial charge on any atom is 0.238 e. The van der Waals surface area contributed by atoms with Crippen molar-refractivity contribution in [2.75, 3.05) is 12.4 Å². The number of likely N-dealkylation sites (N-methyl/N-ethyl adjacent to an activating group) is 1. The largest absolute Gasteiger partial charge is 0.352 e. The van der Waals surface area contributed by atoms with Crippen molar-refractivity contribution in [3.05, 3.63) is 57.6 Å². The topological polar surface area (TPSA) is 74.3 Å². The average molecular weight is 602 g/mol.